The summed E-state index contributed by atoms with van der Waals surface area (Å²) in [5.41, 5.74) is 0.473. The van der Waals surface area contributed by atoms with E-state index in [-0.39, 0.29) is 22.9 Å². The van der Waals surface area contributed by atoms with Crippen molar-refractivity contribution in [1.29, 1.82) is 0 Å². The molecular formula is C18H25N5O4. The zero-order chi connectivity index (χ0) is 20.0. The van der Waals surface area contributed by atoms with Crippen LogP contribution in [0.4, 0.5) is 17.3 Å². The van der Waals surface area contributed by atoms with Gasteiger partial charge in [-0.3, -0.25) is 10.1 Å². The fraction of sp³-hybridized carbons (Fsp3) is 0.444. The number of nitro groups is 1. The summed E-state index contributed by atoms with van der Waals surface area (Å²) in [6.45, 7) is 6.18. The van der Waals surface area contributed by atoms with E-state index < -0.39 is 4.92 Å². The molecule has 0 aliphatic heterocycles. The third-order valence-corrected chi connectivity index (χ3v) is 3.65. The lowest BCUT2D eigenvalue weighted by Crippen LogP contribution is -2.27. The van der Waals surface area contributed by atoms with Crippen LogP contribution in [-0.2, 0) is 6.42 Å². The lowest BCUT2D eigenvalue weighted by atomic mass is 10.1. The Kier molecular flexibility index (Phi) is 6.38. The van der Waals surface area contributed by atoms with Crippen LogP contribution in [-0.4, -0.2) is 41.2 Å². The SMILES string of the molecule is COc1ccc(CCNc2ncnc(NC(C)(C)C)c2[N+](=O)[O-])cc1OC. The number of methoxy groups -OCH3 is 2. The average molecular weight is 375 g/mol. The highest BCUT2D eigenvalue weighted by Crippen LogP contribution is 2.31. The first-order valence-electron chi connectivity index (χ1n) is 8.47. The highest BCUT2D eigenvalue weighted by molar-refractivity contribution is 5.69. The van der Waals surface area contributed by atoms with Gasteiger partial charge >= 0.3 is 5.69 Å². The van der Waals surface area contributed by atoms with E-state index in [0.29, 0.717) is 24.5 Å². The minimum Gasteiger partial charge on any atom is -0.493 e. The summed E-state index contributed by atoms with van der Waals surface area (Å²) in [4.78, 5) is 19.1. The monoisotopic (exact) mass is 375 g/mol. The minimum atomic E-state index is -0.479. The summed E-state index contributed by atoms with van der Waals surface area (Å²) < 4.78 is 10.5. The molecule has 0 unspecified atom stereocenters. The number of anilines is 2. The van der Waals surface area contributed by atoms with Gasteiger partial charge in [0.2, 0.25) is 11.6 Å². The summed E-state index contributed by atoms with van der Waals surface area (Å²) in [7, 11) is 3.16. The van der Waals surface area contributed by atoms with Gasteiger partial charge in [0.25, 0.3) is 0 Å². The van der Waals surface area contributed by atoms with Crippen LogP contribution in [0.3, 0.4) is 0 Å². The van der Waals surface area contributed by atoms with Gasteiger partial charge < -0.3 is 20.1 Å². The Morgan fingerprint density at radius 2 is 1.78 bits per heavy atom. The number of ether oxygens (including phenoxy) is 2. The fourth-order valence-electron chi connectivity index (χ4n) is 2.49. The Morgan fingerprint density at radius 1 is 1.11 bits per heavy atom. The van der Waals surface area contributed by atoms with Crippen molar-refractivity contribution in [2.45, 2.75) is 32.7 Å². The smallest absolute Gasteiger partial charge is 0.353 e. The number of benzene rings is 1. The molecule has 0 aliphatic carbocycles. The van der Waals surface area contributed by atoms with Crippen molar-refractivity contribution in [3.8, 4) is 11.5 Å². The van der Waals surface area contributed by atoms with Crippen molar-refractivity contribution in [2.24, 2.45) is 0 Å². The van der Waals surface area contributed by atoms with E-state index in [1.807, 2.05) is 39.0 Å². The number of rotatable bonds is 8. The quantitative estimate of drug-likeness (QED) is 0.534. The fourth-order valence-corrected chi connectivity index (χ4v) is 2.49. The maximum atomic E-state index is 11.5. The Labute approximate surface area is 158 Å². The normalized spacial score (nSPS) is 11.0. The number of hydrogen-bond donors (Lipinski definition) is 2. The summed E-state index contributed by atoms with van der Waals surface area (Å²) in [6.07, 6.45) is 1.93. The maximum Gasteiger partial charge on any atom is 0.353 e. The van der Waals surface area contributed by atoms with Gasteiger partial charge in [-0.05, 0) is 44.9 Å². The molecule has 1 heterocycles. The second-order valence-corrected chi connectivity index (χ2v) is 6.92. The lowest BCUT2D eigenvalue weighted by Gasteiger charge is -2.21. The van der Waals surface area contributed by atoms with Gasteiger partial charge in [-0.1, -0.05) is 6.07 Å². The molecule has 1 aromatic heterocycles. The van der Waals surface area contributed by atoms with Crippen LogP contribution in [0, 0.1) is 10.1 Å². The second-order valence-electron chi connectivity index (χ2n) is 6.92. The molecule has 0 saturated carbocycles. The van der Waals surface area contributed by atoms with E-state index in [1.165, 1.54) is 6.33 Å². The van der Waals surface area contributed by atoms with E-state index in [0.717, 1.165) is 5.56 Å². The molecule has 0 radical (unpaired) electrons. The van der Waals surface area contributed by atoms with Crippen LogP contribution in [0.2, 0.25) is 0 Å². The van der Waals surface area contributed by atoms with Gasteiger partial charge in [-0.25, -0.2) is 9.97 Å². The first-order valence-corrected chi connectivity index (χ1v) is 8.47. The zero-order valence-corrected chi connectivity index (χ0v) is 16.2. The summed E-state index contributed by atoms with van der Waals surface area (Å²) in [5.74, 6) is 1.66. The lowest BCUT2D eigenvalue weighted by molar-refractivity contribution is -0.383. The topological polar surface area (TPSA) is 111 Å². The van der Waals surface area contributed by atoms with E-state index in [9.17, 15) is 10.1 Å². The molecule has 9 nitrogen and oxygen atoms in total. The highest BCUT2D eigenvalue weighted by Gasteiger charge is 2.25. The van der Waals surface area contributed by atoms with Crippen molar-refractivity contribution in [3.63, 3.8) is 0 Å². The van der Waals surface area contributed by atoms with Gasteiger partial charge in [-0.15, -0.1) is 0 Å². The van der Waals surface area contributed by atoms with Crippen LogP contribution >= 0.6 is 0 Å². The predicted octanol–water partition coefficient (Wildman–Crippen LogP) is 3.27. The molecule has 0 spiro atoms. The number of nitrogens with zero attached hydrogens (tertiary/aromatic N) is 3. The van der Waals surface area contributed by atoms with Gasteiger partial charge in [0.1, 0.15) is 6.33 Å². The Bertz CT molecular complexity index is 805. The predicted molar refractivity (Wildman–Crippen MR) is 104 cm³/mol. The molecule has 146 valence electrons. The molecule has 9 heteroatoms. The first-order chi connectivity index (χ1) is 12.7. The summed E-state index contributed by atoms with van der Waals surface area (Å²) in [6, 6.07) is 5.62. The number of hydrogen-bond acceptors (Lipinski definition) is 8. The molecule has 27 heavy (non-hydrogen) atoms. The Morgan fingerprint density at radius 3 is 2.37 bits per heavy atom. The third-order valence-electron chi connectivity index (χ3n) is 3.65. The van der Waals surface area contributed by atoms with Crippen LogP contribution in [0.15, 0.2) is 24.5 Å². The van der Waals surface area contributed by atoms with Crippen LogP contribution in [0.1, 0.15) is 26.3 Å². The molecule has 0 amide bonds. The maximum absolute atomic E-state index is 11.5. The highest BCUT2D eigenvalue weighted by atomic mass is 16.6. The second kappa shape index (κ2) is 8.52. The van der Waals surface area contributed by atoms with Crippen molar-refractivity contribution in [2.75, 3.05) is 31.4 Å². The van der Waals surface area contributed by atoms with Crippen molar-refractivity contribution in [3.05, 3.63) is 40.2 Å². The summed E-state index contributed by atoms with van der Waals surface area (Å²) >= 11 is 0. The summed E-state index contributed by atoms with van der Waals surface area (Å²) in [5, 5.41) is 17.6. The molecule has 2 aromatic rings. The zero-order valence-electron chi connectivity index (χ0n) is 16.2. The third kappa shape index (κ3) is 5.44. The van der Waals surface area contributed by atoms with Crippen LogP contribution in [0.5, 0.6) is 11.5 Å². The molecule has 0 fully saturated rings. The minimum absolute atomic E-state index is 0.167. The van der Waals surface area contributed by atoms with Gasteiger partial charge in [0.15, 0.2) is 11.5 Å². The van der Waals surface area contributed by atoms with Gasteiger partial charge in [0, 0.05) is 12.1 Å². The average Bonchev–Trinajstić information content (AvgIpc) is 2.60. The number of aromatic nitrogens is 2. The van der Waals surface area contributed by atoms with E-state index in [1.54, 1.807) is 14.2 Å². The standard InChI is InChI=1S/C18H25N5O4/c1-18(2,3)22-17-15(23(24)25)16(20-11-21-17)19-9-8-12-6-7-13(26-4)14(10-12)27-5/h6-7,10-11H,8-9H2,1-5H3,(H2,19,20,21,22). The molecule has 0 aliphatic rings. The molecule has 2 rings (SSSR count). The largest absolute Gasteiger partial charge is 0.493 e. The molecule has 0 saturated heterocycles. The van der Waals surface area contributed by atoms with Crippen LogP contribution in [0.25, 0.3) is 0 Å². The van der Waals surface area contributed by atoms with E-state index in [4.69, 9.17) is 9.47 Å². The molecular weight excluding hydrogens is 350 g/mol. The molecule has 0 bridgehead atoms. The molecule has 2 N–H and O–H groups in total. The van der Waals surface area contributed by atoms with Gasteiger partial charge in [0.05, 0.1) is 19.1 Å². The Hall–Kier alpha value is -3.10. The first kappa shape index (κ1) is 20.2. The Balaban J connectivity index is 2.14. The van der Waals surface area contributed by atoms with Crippen molar-refractivity contribution in [1.82, 2.24) is 9.97 Å². The number of nitrogens with one attached hydrogen (secondary N) is 2. The van der Waals surface area contributed by atoms with Crippen molar-refractivity contribution >= 4 is 17.3 Å². The molecule has 0 atom stereocenters. The molecule has 1 aromatic carbocycles. The van der Waals surface area contributed by atoms with Crippen molar-refractivity contribution < 1.29 is 14.4 Å². The van der Waals surface area contributed by atoms with Crippen LogP contribution < -0.4 is 20.1 Å². The van der Waals surface area contributed by atoms with Gasteiger partial charge in [-0.2, -0.15) is 0 Å². The van der Waals surface area contributed by atoms with E-state index in [2.05, 4.69) is 20.6 Å². The van der Waals surface area contributed by atoms with E-state index >= 15 is 0 Å².